The first kappa shape index (κ1) is 20.4. The summed E-state index contributed by atoms with van der Waals surface area (Å²) in [4.78, 5) is 1.25. The molecule has 1 N–H and O–H groups in total. The molecule has 0 aromatic heterocycles. The molecule has 1 aromatic rings. The summed E-state index contributed by atoms with van der Waals surface area (Å²) in [6.07, 6.45) is -3.13. The topological polar surface area (TPSA) is 58.6 Å². The van der Waals surface area contributed by atoms with Crippen LogP contribution in [0.15, 0.2) is 23.1 Å². The fourth-order valence-corrected chi connectivity index (χ4v) is 4.32. The largest absolute Gasteiger partial charge is 0.417 e. The first-order chi connectivity index (χ1) is 11.6. The third-order valence-corrected chi connectivity index (χ3v) is 5.84. The summed E-state index contributed by atoms with van der Waals surface area (Å²) in [5.74, 6) is 0. The molecule has 1 aliphatic heterocycles. The van der Waals surface area contributed by atoms with Gasteiger partial charge in [0.05, 0.1) is 17.1 Å². The maximum Gasteiger partial charge on any atom is 0.417 e. The molecule has 2 rings (SSSR count). The molecule has 0 saturated carbocycles. The molecule has 0 bridgehead atoms. The highest BCUT2D eigenvalue weighted by Crippen LogP contribution is 2.35. The van der Waals surface area contributed by atoms with E-state index in [1.165, 1.54) is 0 Å². The van der Waals surface area contributed by atoms with Crippen LogP contribution in [0.3, 0.4) is 0 Å². The van der Waals surface area contributed by atoms with Gasteiger partial charge in [-0.3, -0.25) is 4.90 Å². The molecule has 1 saturated heterocycles. The van der Waals surface area contributed by atoms with Crippen molar-refractivity contribution in [2.24, 2.45) is 0 Å². The summed E-state index contributed by atoms with van der Waals surface area (Å²) in [6.45, 7) is 2.02. The number of sulfonamides is 1. The summed E-state index contributed by atoms with van der Waals surface area (Å²) < 4.78 is 71.5. The molecular weight excluding hydrogens is 381 g/mol. The molecule has 0 spiro atoms. The number of nitrogens with one attached hydrogen (secondary N) is 1. The highest BCUT2D eigenvalue weighted by Gasteiger charge is 2.37. The smallest absolute Gasteiger partial charge is 0.383 e. The monoisotopic (exact) mass is 400 g/mol. The Morgan fingerprint density at radius 2 is 2.12 bits per heavy atom. The Morgan fingerprint density at radius 3 is 2.76 bits per heavy atom. The van der Waals surface area contributed by atoms with Gasteiger partial charge in [0.2, 0.25) is 10.0 Å². The number of methoxy groups -OCH3 is 1. The van der Waals surface area contributed by atoms with Gasteiger partial charge in [0.25, 0.3) is 0 Å². The molecule has 0 radical (unpaired) electrons. The number of nitrogens with zero attached hydrogens (tertiary/aromatic N) is 1. The van der Waals surface area contributed by atoms with E-state index in [1.807, 2.05) is 0 Å². The Bertz CT molecular complexity index is 698. The van der Waals surface area contributed by atoms with Crippen LogP contribution < -0.4 is 4.72 Å². The zero-order valence-corrected chi connectivity index (χ0v) is 15.2. The summed E-state index contributed by atoms with van der Waals surface area (Å²) in [6, 6.07) is 2.57. The van der Waals surface area contributed by atoms with Crippen LogP contribution >= 0.6 is 11.6 Å². The van der Waals surface area contributed by atoms with Crippen molar-refractivity contribution in [3.63, 3.8) is 0 Å². The summed E-state index contributed by atoms with van der Waals surface area (Å²) in [5, 5.41) is -0.173. The molecular formula is C15H20ClF3N2O3S. The minimum atomic E-state index is -4.81. The number of ether oxygens (including phenoxy) is 1. The van der Waals surface area contributed by atoms with Crippen LogP contribution in [0.2, 0.25) is 5.02 Å². The zero-order chi connectivity index (χ0) is 18.7. The van der Waals surface area contributed by atoms with E-state index < -0.39 is 26.7 Å². The Labute approximate surface area is 150 Å². The predicted octanol–water partition coefficient (Wildman–Crippen LogP) is 2.75. The number of likely N-dealkylation sites (tertiary alicyclic amines) is 1. The Kier molecular flexibility index (Phi) is 6.72. The van der Waals surface area contributed by atoms with Crippen molar-refractivity contribution in [3.05, 3.63) is 28.8 Å². The summed E-state index contributed by atoms with van der Waals surface area (Å²) in [7, 11) is -2.73. The fourth-order valence-electron chi connectivity index (χ4n) is 2.87. The molecule has 25 heavy (non-hydrogen) atoms. The van der Waals surface area contributed by atoms with E-state index in [0.29, 0.717) is 19.2 Å². The second-order valence-corrected chi connectivity index (χ2v) is 7.99. The molecule has 1 fully saturated rings. The molecule has 142 valence electrons. The van der Waals surface area contributed by atoms with Crippen LogP contribution in [0.4, 0.5) is 13.2 Å². The molecule has 0 aliphatic carbocycles. The van der Waals surface area contributed by atoms with E-state index in [-0.39, 0.29) is 17.6 Å². The highest BCUT2D eigenvalue weighted by molar-refractivity contribution is 7.89. The summed E-state index contributed by atoms with van der Waals surface area (Å²) in [5.41, 5.74) is -1.27. The van der Waals surface area contributed by atoms with E-state index in [2.05, 4.69) is 9.62 Å². The molecule has 10 heteroatoms. The number of halogens is 4. The van der Waals surface area contributed by atoms with Crippen LogP contribution in [0.5, 0.6) is 0 Å². The van der Waals surface area contributed by atoms with Gasteiger partial charge < -0.3 is 4.74 Å². The molecule has 1 atom stereocenters. The number of hydrogen-bond donors (Lipinski definition) is 1. The normalized spacial score (nSPS) is 19.5. The lowest BCUT2D eigenvalue weighted by atomic mass is 10.2. The Morgan fingerprint density at radius 1 is 1.40 bits per heavy atom. The van der Waals surface area contributed by atoms with E-state index in [9.17, 15) is 21.6 Å². The van der Waals surface area contributed by atoms with Crippen molar-refractivity contribution in [2.45, 2.75) is 30.0 Å². The van der Waals surface area contributed by atoms with Gasteiger partial charge in [-0.25, -0.2) is 13.1 Å². The van der Waals surface area contributed by atoms with Gasteiger partial charge in [-0.1, -0.05) is 11.6 Å². The molecule has 5 nitrogen and oxygen atoms in total. The minimum Gasteiger partial charge on any atom is -0.383 e. The van der Waals surface area contributed by atoms with Crippen LogP contribution in [0, 0.1) is 0 Å². The third kappa shape index (κ3) is 5.30. The van der Waals surface area contributed by atoms with Gasteiger partial charge in [-0.15, -0.1) is 0 Å². The maximum absolute atomic E-state index is 13.1. The molecule has 1 heterocycles. The number of rotatable bonds is 7. The lowest BCUT2D eigenvalue weighted by Crippen LogP contribution is -2.41. The summed E-state index contributed by atoms with van der Waals surface area (Å²) >= 11 is 5.59. The van der Waals surface area contributed by atoms with Crippen molar-refractivity contribution in [1.82, 2.24) is 9.62 Å². The van der Waals surface area contributed by atoms with E-state index in [4.69, 9.17) is 16.3 Å². The van der Waals surface area contributed by atoms with Crippen molar-refractivity contribution in [2.75, 3.05) is 33.4 Å². The fraction of sp³-hybridized carbons (Fsp3) is 0.600. The average molecular weight is 401 g/mol. The number of benzene rings is 1. The Hall–Kier alpha value is -0.870. The third-order valence-electron chi connectivity index (χ3n) is 4.13. The van der Waals surface area contributed by atoms with Gasteiger partial charge >= 0.3 is 6.18 Å². The van der Waals surface area contributed by atoms with Crippen LogP contribution in [-0.2, 0) is 20.9 Å². The SMILES string of the molecule is COCCN1CCCC1CNS(=O)(=O)c1ccc(Cl)cc1C(F)(F)F. The predicted molar refractivity (Wildman–Crippen MR) is 88.1 cm³/mol. The lowest BCUT2D eigenvalue weighted by molar-refractivity contribution is -0.139. The van der Waals surface area contributed by atoms with Gasteiger partial charge in [-0.05, 0) is 37.6 Å². The number of alkyl halides is 3. The van der Waals surface area contributed by atoms with E-state index >= 15 is 0 Å². The van der Waals surface area contributed by atoms with Crippen molar-refractivity contribution >= 4 is 21.6 Å². The molecule has 1 aromatic carbocycles. The van der Waals surface area contributed by atoms with Gasteiger partial charge in [-0.2, -0.15) is 13.2 Å². The van der Waals surface area contributed by atoms with Crippen LogP contribution in [0.1, 0.15) is 18.4 Å². The average Bonchev–Trinajstić information content (AvgIpc) is 2.97. The highest BCUT2D eigenvalue weighted by atomic mass is 35.5. The van der Waals surface area contributed by atoms with E-state index in [0.717, 1.165) is 31.5 Å². The van der Waals surface area contributed by atoms with E-state index in [1.54, 1.807) is 7.11 Å². The van der Waals surface area contributed by atoms with Gasteiger partial charge in [0, 0.05) is 31.3 Å². The second kappa shape index (κ2) is 8.22. The zero-order valence-electron chi connectivity index (χ0n) is 13.6. The maximum atomic E-state index is 13.1. The van der Waals surface area contributed by atoms with Crippen molar-refractivity contribution < 1.29 is 26.3 Å². The molecule has 1 unspecified atom stereocenters. The minimum absolute atomic E-state index is 0.0476. The molecule has 1 aliphatic rings. The van der Waals surface area contributed by atoms with Gasteiger partial charge in [0.15, 0.2) is 0 Å². The molecule has 0 amide bonds. The van der Waals surface area contributed by atoms with Crippen molar-refractivity contribution in [3.8, 4) is 0 Å². The first-order valence-corrected chi connectivity index (χ1v) is 9.60. The standard InChI is InChI=1S/C15H20ClF3N2O3S/c1-24-8-7-21-6-2-3-12(21)10-20-25(22,23)14-5-4-11(16)9-13(14)15(17,18)19/h4-5,9,12,20H,2-3,6-8,10H2,1H3. The van der Waals surface area contributed by atoms with Crippen LogP contribution in [-0.4, -0.2) is 52.7 Å². The second-order valence-electron chi connectivity index (χ2n) is 5.81. The Balaban J connectivity index is 2.15. The van der Waals surface area contributed by atoms with Crippen LogP contribution in [0.25, 0.3) is 0 Å². The van der Waals surface area contributed by atoms with Crippen molar-refractivity contribution in [1.29, 1.82) is 0 Å². The quantitative estimate of drug-likeness (QED) is 0.764. The lowest BCUT2D eigenvalue weighted by Gasteiger charge is -2.24. The first-order valence-electron chi connectivity index (χ1n) is 7.74. The number of hydrogen-bond acceptors (Lipinski definition) is 4. The van der Waals surface area contributed by atoms with Gasteiger partial charge in [0.1, 0.15) is 0 Å².